The summed E-state index contributed by atoms with van der Waals surface area (Å²) in [5, 5.41) is 10.5. The van der Waals surface area contributed by atoms with Gasteiger partial charge in [-0.2, -0.15) is 5.10 Å². The van der Waals surface area contributed by atoms with E-state index in [1.54, 1.807) is 13.3 Å². The van der Waals surface area contributed by atoms with Crippen molar-refractivity contribution in [2.24, 2.45) is 0 Å². The van der Waals surface area contributed by atoms with Crippen molar-refractivity contribution in [3.05, 3.63) is 71.3 Å². The molecule has 0 aliphatic rings. The molecule has 6 nitrogen and oxygen atoms in total. The molecule has 0 bridgehead atoms. The molecule has 0 aliphatic heterocycles. The number of hydrogen-bond acceptors (Lipinski definition) is 5. The Morgan fingerprint density at radius 3 is 2.81 bits per heavy atom. The van der Waals surface area contributed by atoms with E-state index < -0.39 is 0 Å². The number of aromatic nitrogens is 3. The molecule has 142 valence electrons. The van der Waals surface area contributed by atoms with E-state index in [0.29, 0.717) is 6.61 Å². The molecule has 0 amide bonds. The summed E-state index contributed by atoms with van der Waals surface area (Å²) in [7, 11) is 1.67. The number of nitrogens with zero attached hydrogens (tertiary/aromatic N) is 2. The van der Waals surface area contributed by atoms with Gasteiger partial charge >= 0.3 is 0 Å². The van der Waals surface area contributed by atoms with Gasteiger partial charge in [-0.3, -0.25) is 10.1 Å². The third-order valence-electron chi connectivity index (χ3n) is 4.42. The molecule has 0 aliphatic carbocycles. The van der Waals surface area contributed by atoms with Crippen molar-refractivity contribution in [2.45, 2.75) is 32.9 Å². The number of pyridine rings is 1. The van der Waals surface area contributed by atoms with Crippen molar-refractivity contribution in [3.63, 3.8) is 0 Å². The maximum absolute atomic E-state index is 5.98. The van der Waals surface area contributed by atoms with Crippen LogP contribution in [0.3, 0.4) is 0 Å². The van der Waals surface area contributed by atoms with Gasteiger partial charge < -0.3 is 14.8 Å². The van der Waals surface area contributed by atoms with Crippen LogP contribution in [-0.2, 0) is 19.6 Å². The van der Waals surface area contributed by atoms with Gasteiger partial charge in [0.15, 0.2) is 0 Å². The van der Waals surface area contributed by atoms with Gasteiger partial charge in [0, 0.05) is 24.0 Å². The summed E-state index contributed by atoms with van der Waals surface area (Å²) < 4.78 is 11.3. The molecule has 3 aromatic rings. The minimum atomic E-state index is 0.444. The normalized spacial score (nSPS) is 10.7. The summed E-state index contributed by atoms with van der Waals surface area (Å²) >= 11 is 0. The zero-order chi connectivity index (χ0) is 18.9. The predicted octanol–water partition coefficient (Wildman–Crippen LogP) is 3.42. The molecule has 0 saturated carbocycles. The Labute approximate surface area is 159 Å². The molecule has 0 radical (unpaired) electrons. The topological polar surface area (TPSA) is 72.1 Å². The van der Waals surface area contributed by atoms with Crippen LogP contribution in [0.5, 0.6) is 11.5 Å². The van der Waals surface area contributed by atoms with Crippen LogP contribution in [0.15, 0.2) is 48.8 Å². The molecule has 0 spiro atoms. The molecule has 0 saturated heterocycles. The van der Waals surface area contributed by atoms with E-state index in [4.69, 9.17) is 9.47 Å². The summed E-state index contributed by atoms with van der Waals surface area (Å²) in [5.41, 5.74) is 4.40. The van der Waals surface area contributed by atoms with Gasteiger partial charge in [0.2, 0.25) is 0 Å². The highest BCUT2D eigenvalue weighted by Crippen LogP contribution is 2.25. The number of methoxy groups -OCH3 is 1. The highest BCUT2D eigenvalue weighted by molar-refractivity contribution is 5.40. The Bertz CT molecular complexity index is 833. The van der Waals surface area contributed by atoms with Crippen LogP contribution in [-0.4, -0.2) is 28.8 Å². The first-order valence-electron chi connectivity index (χ1n) is 9.15. The van der Waals surface area contributed by atoms with Gasteiger partial charge in [-0.1, -0.05) is 6.07 Å². The third kappa shape index (κ3) is 5.56. The monoisotopic (exact) mass is 366 g/mol. The number of H-pyrrole nitrogens is 1. The van der Waals surface area contributed by atoms with Crippen LogP contribution < -0.4 is 14.8 Å². The van der Waals surface area contributed by atoms with Crippen molar-refractivity contribution < 1.29 is 9.47 Å². The maximum Gasteiger partial charge on any atom is 0.130 e. The second-order valence-corrected chi connectivity index (χ2v) is 6.38. The largest absolute Gasteiger partial charge is 0.497 e. The number of aromatic amines is 1. The number of ether oxygens (including phenoxy) is 2. The molecule has 6 heteroatoms. The molecule has 1 aromatic carbocycles. The predicted molar refractivity (Wildman–Crippen MR) is 105 cm³/mol. The van der Waals surface area contributed by atoms with E-state index in [1.807, 2.05) is 42.6 Å². The lowest BCUT2D eigenvalue weighted by molar-refractivity contribution is 0.296. The van der Waals surface area contributed by atoms with Gasteiger partial charge in [0.05, 0.1) is 19.0 Å². The van der Waals surface area contributed by atoms with Crippen LogP contribution in [0.2, 0.25) is 0 Å². The quantitative estimate of drug-likeness (QED) is 0.538. The van der Waals surface area contributed by atoms with Gasteiger partial charge in [0.1, 0.15) is 18.1 Å². The summed E-state index contributed by atoms with van der Waals surface area (Å²) in [6.07, 6.45) is 5.74. The molecule has 2 heterocycles. The summed E-state index contributed by atoms with van der Waals surface area (Å²) in [5.74, 6) is 1.67. The zero-order valence-electron chi connectivity index (χ0n) is 15.9. The van der Waals surface area contributed by atoms with Gasteiger partial charge in [-0.25, -0.2) is 0 Å². The van der Waals surface area contributed by atoms with Crippen molar-refractivity contribution in [3.8, 4) is 11.5 Å². The van der Waals surface area contributed by atoms with Crippen LogP contribution in [0, 0.1) is 6.92 Å². The number of rotatable bonds is 10. The minimum absolute atomic E-state index is 0.444. The lowest BCUT2D eigenvalue weighted by Crippen LogP contribution is -2.16. The summed E-state index contributed by atoms with van der Waals surface area (Å²) in [6, 6.07) is 11.7. The van der Waals surface area contributed by atoms with E-state index in [0.717, 1.165) is 54.4 Å². The van der Waals surface area contributed by atoms with Crippen LogP contribution in [0.4, 0.5) is 0 Å². The van der Waals surface area contributed by atoms with Gasteiger partial charge in [-0.15, -0.1) is 0 Å². The van der Waals surface area contributed by atoms with E-state index in [-0.39, 0.29) is 0 Å². The van der Waals surface area contributed by atoms with E-state index >= 15 is 0 Å². The molecule has 2 aromatic heterocycles. The second-order valence-electron chi connectivity index (χ2n) is 6.38. The van der Waals surface area contributed by atoms with Crippen LogP contribution in [0.25, 0.3) is 0 Å². The molecular formula is C21H26N4O2. The molecule has 0 fully saturated rings. The minimum Gasteiger partial charge on any atom is -0.497 e. The van der Waals surface area contributed by atoms with Gasteiger partial charge in [-0.05, 0) is 62.2 Å². The summed E-state index contributed by atoms with van der Waals surface area (Å²) in [6.45, 7) is 4.14. The molecule has 2 N–H and O–H groups in total. The number of hydrogen-bond donors (Lipinski definition) is 2. The van der Waals surface area contributed by atoms with Crippen molar-refractivity contribution in [1.82, 2.24) is 20.5 Å². The molecule has 0 unspecified atom stereocenters. The Morgan fingerprint density at radius 1 is 1.15 bits per heavy atom. The van der Waals surface area contributed by atoms with Crippen molar-refractivity contribution in [1.29, 1.82) is 0 Å². The first kappa shape index (κ1) is 18.9. The van der Waals surface area contributed by atoms with Crippen LogP contribution >= 0.6 is 0 Å². The first-order valence-corrected chi connectivity index (χ1v) is 9.15. The standard InChI is InChI=1S/C21H26N4O2/c1-16-17(14-24-25-16)6-5-10-22-13-18-12-20(26-2)8-9-21(18)27-15-19-7-3-4-11-23-19/h3-4,7-9,11-12,14,22H,5-6,10,13,15H2,1-2H3,(H,24,25). The Balaban J connectivity index is 1.53. The fourth-order valence-corrected chi connectivity index (χ4v) is 2.85. The Morgan fingerprint density at radius 2 is 2.07 bits per heavy atom. The first-order chi connectivity index (χ1) is 13.3. The van der Waals surface area contributed by atoms with E-state index in [1.165, 1.54) is 5.56 Å². The smallest absolute Gasteiger partial charge is 0.130 e. The maximum atomic E-state index is 5.98. The Kier molecular flexibility index (Phi) is 6.82. The SMILES string of the molecule is COc1ccc(OCc2ccccn2)c(CNCCCc2cn[nH]c2C)c1. The average molecular weight is 366 g/mol. The fourth-order valence-electron chi connectivity index (χ4n) is 2.85. The average Bonchev–Trinajstić information content (AvgIpc) is 3.12. The third-order valence-corrected chi connectivity index (χ3v) is 4.42. The highest BCUT2D eigenvalue weighted by atomic mass is 16.5. The second kappa shape index (κ2) is 9.73. The molecular weight excluding hydrogens is 340 g/mol. The van der Waals surface area contributed by atoms with Crippen molar-refractivity contribution in [2.75, 3.05) is 13.7 Å². The summed E-state index contributed by atoms with van der Waals surface area (Å²) in [4.78, 5) is 4.30. The fraction of sp³-hybridized carbons (Fsp3) is 0.333. The lowest BCUT2D eigenvalue weighted by Gasteiger charge is -2.13. The van der Waals surface area contributed by atoms with Crippen molar-refractivity contribution >= 4 is 0 Å². The molecule has 0 atom stereocenters. The Hall–Kier alpha value is -2.86. The number of benzene rings is 1. The molecule has 3 rings (SSSR count). The van der Waals surface area contributed by atoms with E-state index in [2.05, 4.69) is 27.4 Å². The number of aryl methyl sites for hydroxylation is 2. The highest BCUT2D eigenvalue weighted by Gasteiger charge is 2.07. The molecule has 27 heavy (non-hydrogen) atoms. The lowest BCUT2D eigenvalue weighted by atomic mass is 10.1. The van der Waals surface area contributed by atoms with Crippen LogP contribution in [0.1, 0.15) is 28.9 Å². The van der Waals surface area contributed by atoms with Gasteiger partial charge in [0.25, 0.3) is 0 Å². The number of nitrogens with one attached hydrogen (secondary N) is 2. The van der Waals surface area contributed by atoms with E-state index in [9.17, 15) is 0 Å². The zero-order valence-corrected chi connectivity index (χ0v) is 15.9.